The van der Waals surface area contributed by atoms with Gasteiger partial charge in [0.05, 0.1) is 12.3 Å². The minimum absolute atomic E-state index is 0.00103. The van der Waals surface area contributed by atoms with Gasteiger partial charge in [-0.3, -0.25) is 4.98 Å². The molecule has 0 saturated carbocycles. The molecule has 3 rings (SSSR count). The molecule has 25 heavy (non-hydrogen) atoms. The van der Waals surface area contributed by atoms with Crippen LogP contribution in [0.25, 0.3) is 11.3 Å². The summed E-state index contributed by atoms with van der Waals surface area (Å²) in [5.41, 5.74) is 3.77. The lowest BCUT2D eigenvalue weighted by Gasteiger charge is -2.15. The maximum atomic E-state index is 9.28. The summed E-state index contributed by atoms with van der Waals surface area (Å²) in [6.07, 6.45) is 3.49. The molecule has 0 amide bonds. The van der Waals surface area contributed by atoms with Crippen LogP contribution >= 0.6 is 0 Å². The number of nitrogens with zero attached hydrogens (tertiary/aromatic N) is 3. The molecular formula is C19H21N5O. The smallest absolute Gasteiger partial charge is 0.225 e. The second kappa shape index (κ2) is 7.72. The number of aliphatic hydroxyl groups excluding tert-OH is 1. The first-order valence-corrected chi connectivity index (χ1v) is 8.15. The lowest BCUT2D eigenvalue weighted by molar-refractivity contribution is 0.281. The highest BCUT2D eigenvalue weighted by Gasteiger charge is 2.10. The van der Waals surface area contributed by atoms with Crippen molar-refractivity contribution in [3.8, 4) is 11.3 Å². The zero-order valence-corrected chi connectivity index (χ0v) is 14.3. The Kier molecular flexibility index (Phi) is 5.20. The molecule has 1 atom stereocenters. The summed E-state index contributed by atoms with van der Waals surface area (Å²) in [6.45, 7) is 3.91. The number of rotatable bonds is 6. The van der Waals surface area contributed by atoms with Gasteiger partial charge in [-0.25, -0.2) is 4.98 Å². The van der Waals surface area contributed by atoms with Gasteiger partial charge in [-0.2, -0.15) is 4.98 Å². The Labute approximate surface area is 147 Å². The van der Waals surface area contributed by atoms with Crippen LogP contribution in [0.15, 0.2) is 54.9 Å². The normalized spacial score (nSPS) is 11.8. The van der Waals surface area contributed by atoms with E-state index in [1.165, 1.54) is 0 Å². The highest BCUT2D eigenvalue weighted by Crippen LogP contribution is 2.24. The van der Waals surface area contributed by atoms with Crippen LogP contribution in [0.3, 0.4) is 0 Å². The summed E-state index contributed by atoms with van der Waals surface area (Å²) in [6, 6.07) is 13.6. The first-order chi connectivity index (χ1) is 12.2. The molecule has 0 aliphatic heterocycles. The topological polar surface area (TPSA) is 83.0 Å². The van der Waals surface area contributed by atoms with Crippen molar-refractivity contribution >= 4 is 17.5 Å². The van der Waals surface area contributed by atoms with Gasteiger partial charge in [0, 0.05) is 35.8 Å². The maximum Gasteiger partial charge on any atom is 0.225 e. The molecule has 0 aliphatic carbocycles. The van der Waals surface area contributed by atoms with Crippen LogP contribution < -0.4 is 10.6 Å². The predicted octanol–water partition coefficient (Wildman–Crippen LogP) is 3.38. The molecule has 0 bridgehead atoms. The Bertz CT molecular complexity index is 838. The van der Waals surface area contributed by atoms with Gasteiger partial charge in [-0.05, 0) is 37.6 Å². The Morgan fingerprint density at radius 1 is 1.12 bits per heavy atom. The molecule has 128 valence electrons. The summed E-state index contributed by atoms with van der Waals surface area (Å²) in [5, 5.41) is 15.7. The molecular weight excluding hydrogens is 314 g/mol. The van der Waals surface area contributed by atoms with Gasteiger partial charge in [-0.1, -0.05) is 18.2 Å². The molecule has 0 saturated heterocycles. The van der Waals surface area contributed by atoms with Gasteiger partial charge in [0.25, 0.3) is 0 Å². The second-order valence-corrected chi connectivity index (χ2v) is 5.87. The number of para-hydroxylation sites is 1. The van der Waals surface area contributed by atoms with E-state index >= 15 is 0 Å². The van der Waals surface area contributed by atoms with Gasteiger partial charge in [-0.15, -0.1) is 0 Å². The van der Waals surface area contributed by atoms with E-state index in [1.54, 1.807) is 12.4 Å². The second-order valence-electron chi connectivity index (χ2n) is 5.87. The molecule has 6 heteroatoms. The molecule has 0 aliphatic rings. The van der Waals surface area contributed by atoms with Crippen LogP contribution in [0.2, 0.25) is 0 Å². The van der Waals surface area contributed by atoms with Crippen molar-refractivity contribution < 1.29 is 5.11 Å². The number of hydrogen-bond donors (Lipinski definition) is 3. The molecule has 0 radical (unpaired) electrons. The molecule has 1 aromatic carbocycles. The molecule has 0 fully saturated rings. The van der Waals surface area contributed by atoms with E-state index in [0.29, 0.717) is 11.8 Å². The minimum atomic E-state index is -0.143. The van der Waals surface area contributed by atoms with Crippen molar-refractivity contribution in [3.05, 3.63) is 60.4 Å². The first-order valence-electron chi connectivity index (χ1n) is 8.15. The third kappa shape index (κ3) is 4.30. The summed E-state index contributed by atoms with van der Waals surface area (Å²) in [5.74, 6) is 1.13. The molecule has 3 N–H and O–H groups in total. The number of nitrogens with one attached hydrogen (secondary N) is 2. The highest BCUT2D eigenvalue weighted by atomic mass is 16.3. The van der Waals surface area contributed by atoms with E-state index in [9.17, 15) is 5.11 Å². The van der Waals surface area contributed by atoms with E-state index in [-0.39, 0.29) is 12.6 Å². The van der Waals surface area contributed by atoms with Crippen molar-refractivity contribution in [1.82, 2.24) is 15.0 Å². The van der Waals surface area contributed by atoms with Crippen LogP contribution in [-0.4, -0.2) is 32.7 Å². The zero-order valence-electron chi connectivity index (χ0n) is 14.3. The van der Waals surface area contributed by atoms with Gasteiger partial charge in [0.2, 0.25) is 5.95 Å². The fraction of sp³-hybridized carbons (Fsp3) is 0.211. The first kappa shape index (κ1) is 16.9. The van der Waals surface area contributed by atoms with Crippen molar-refractivity contribution in [2.45, 2.75) is 19.9 Å². The Balaban J connectivity index is 1.99. The Hall–Kier alpha value is -2.99. The van der Waals surface area contributed by atoms with Crippen molar-refractivity contribution in [3.63, 3.8) is 0 Å². The molecule has 2 aromatic heterocycles. The molecule has 2 heterocycles. The lowest BCUT2D eigenvalue weighted by atomic mass is 10.2. The third-order valence-electron chi connectivity index (χ3n) is 3.74. The number of aryl methyl sites for hydroxylation is 1. The van der Waals surface area contributed by atoms with Crippen molar-refractivity contribution in [2.75, 3.05) is 17.2 Å². The average Bonchev–Trinajstić information content (AvgIpc) is 2.64. The van der Waals surface area contributed by atoms with E-state index in [1.807, 2.05) is 56.3 Å². The number of benzene rings is 1. The predicted molar refractivity (Wildman–Crippen MR) is 99.9 cm³/mol. The van der Waals surface area contributed by atoms with Crippen LogP contribution in [0.4, 0.5) is 17.5 Å². The minimum Gasteiger partial charge on any atom is -0.394 e. The van der Waals surface area contributed by atoms with Gasteiger partial charge in [0.15, 0.2) is 0 Å². The SMILES string of the molecule is Cc1ccccc1Nc1cc(-c2cccnc2)nc(N[C@@H](C)CO)n1. The number of aromatic nitrogens is 3. The lowest BCUT2D eigenvalue weighted by Crippen LogP contribution is -2.21. The number of hydrogen-bond acceptors (Lipinski definition) is 6. The van der Waals surface area contributed by atoms with Gasteiger partial charge in [0.1, 0.15) is 5.82 Å². The molecule has 0 spiro atoms. The van der Waals surface area contributed by atoms with Crippen molar-refractivity contribution in [1.29, 1.82) is 0 Å². The average molecular weight is 335 g/mol. The summed E-state index contributed by atoms with van der Waals surface area (Å²) in [7, 11) is 0. The fourth-order valence-electron chi connectivity index (χ4n) is 2.36. The molecule has 0 unspecified atom stereocenters. The largest absolute Gasteiger partial charge is 0.394 e. The van der Waals surface area contributed by atoms with Crippen LogP contribution in [-0.2, 0) is 0 Å². The van der Waals surface area contributed by atoms with E-state index in [2.05, 4.69) is 25.6 Å². The van der Waals surface area contributed by atoms with E-state index in [0.717, 1.165) is 22.5 Å². The maximum absolute atomic E-state index is 9.28. The van der Waals surface area contributed by atoms with Crippen LogP contribution in [0, 0.1) is 6.92 Å². The van der Waals surface area contributed by atoms with E-state index in [4.69, 9.17) is 0 Å². The Morgan fingerprint density at radius 3 is 2.68 bits per heavy atom. The molecule has 6 nitrogen and oxygen atoms in total. The summed E-state index contributed by atoms with van der Waals surface area (Å²) >= 11 is 0. The van der Waals surface area contributed by atoms with Crippen molar-refractivity contribution in [2.24, 2.45) is 0 Å². The van der Waals surface area contributed by atoms with Gasteiger partial charge < -0.3 is 15.7 Å². The standard InChI is InChI=1S/C19H21N5O/c1-13-6-3-4-8-16(13)22-18-10-17(15-7-5-9-20-11-15)23-19(24-18)21-14(2)12-25/h3-11,14,25H,12H2,1-2H3,(H2,21,22,23,24)/t14-/m0/s1. The van der Waals surface area contributed by atoms with Gasteiger partial charge >= 0.3 is 0 Å². The van der Waals surface area contributed by atoms with Crippen LogP contribution in [0.1, 0.15) is 12.5 Å². The fourth-order valence-corrected chi connectivity index (χ4v) is 2.36. The summed E-state index contributed by atoms with van der Waals surface area (Å²) < 4.78 is 0. The highest BCUT2D eigenvalue weighted by molar-refractivity contribution is 5.68. The number of anilines is 3. The molecule has 3 aromatic rings. The summed E-state index contributed by atoms with van der Waals surface area (Å²) in [4.78, 5) is 13.2. The van der Waals surface area contributed by atoms with E-state index < -0.39 is 0 Å². The number of aliphatic hydroxyl groups is 1. The quantitative estimate of drug-likeness (QED) is 0.640. The monoisotopic (exact) mass is 335 g/mol. The number of pyridine rings is 1. The third-order valence-corrected chi connectivity index (χ3v) is 3.74. The van der Waals surface area contributed by atoms with Crippen LogP contribution in [0.5, 0.6) is 0 Å². The Morgan fingerprint density at radius 2 is 1.96 bits per heavy atom. The zero-order chi connectivity index (χ0) is 17.6.